The minimum absolute atomic E-state index is 0.0686. The zero-order valence-electron chi connectivity index (χ0n) is 6.11. The Balaban J connectivity index is 2.97. The molecule has 0 spiro atoms. The van der Waals surface area contributed by atoms with Gasteiger partial charge in [-0.1, -0.05) is 0 Å². The van der Waals surface area contributed by atoms with Crippen molar-refractivity contribution in [3.8, 4) is 6.19 Å². The maximum Gasteiger partial charge on any atom is 0.284 e. The third kappa shape index (κ3) is 1.49. The molecule has 0 aliphatic heterocycles. The maximum absolute atomic E-state index is 11.0. The number of anilines is 1. The summed E-state index contributed by atoms with van der Waals surface area (Å²) in [6.07, 6.45) is 2.93. The van der Waals surface area contributed by atoms with Crippen LogP contribution in [0.1, 0.15) is 10.5 Å². The molecule has 0 aliphatic carbocycles. The third-order valence-corrected chi connectivity index (χ3v) is 1.22. The molecule has 1 amide bonds. The smallest absolute Gasteiger partial charge is 0.284 e. The van der Waals surface area contributed by atoms with Crippen LogP contribution in [0.2, 0.25) is 0 Å². The fourth-order valence-corrected chi connectivity index (χ4v) is 0.717. The lowest BCUT2D eigenvalue weighted by Crippen LogP contribution is -2.20. The average Bonchev–Trinajstić information content (AvgIpc) is 2.05. The summed E-state index contributed by atoms with van der Waals surface area (Å²) >= 11 is 0. The minimum Gasteiger partial charge on any atom is -0.397 e. The van der Waals surface area contributed by atoms with Crippen molar-refractivity contribution in [1.82, 2.24) is 10.3 Å². The summed E-state index contributed by atoms with van der Waals surface area (Å²) in [5.41, 5.74) is 5.74. The van der Waals surface area contributed by atoms with Gasteiger partial charge in [-0.15, -0.1) is 0 Å². The lowest BCUT2D eigenvalue weighted by molar-refractivity contribution is 0.0969. The summed E-state index contributed by atoms with van der Waals surface area (Å²) in [7, 11) is 0. The highest BCUT2D eigenvalue weighted by molar-refractivity contribution is 5.97. The fourth-order valence-electron chi connectivity index (χ4n) is 0.717. The number of hydrogen-bond acceptors (Lipinski definition) is 4. The molecule has 1 aromatic rings. The van der Waals surface area contributed by atoms with Gasteiger partial charge in [0.2, 0.25) is 0 Å². The van der Waals surface area contributed by atoms with Crippen molar-refractivity contribution in [2.45, 2.75) is 0 Å². The molecule has 0 fully saturated rings. The summed E-state index contributed by atoms with van der Waals surface area (Å²) < 4.78 is 0. The summed E-state index contributed by atoms with van der Waals surface area (Å²) in [4.78, 5) is 14.7. The van der Waals surface area contributed by atoms with E-state index in [1.807, 2.05) is 5.32 Å². The van der Waals surface area contributed by atoms with E-state index in [0.717, 1.165) is 0 Å². The Hall–Kier alpha value is -2.09. The highest BCUT2D eigenvalue weighted by atomic mass is 16.1. The number of amides is 1. The van der Waals surface area contributed by atoms with Gasteiger partial charge < -0.3 is 5.73 Å². The van der Waals surface area contributed by atoms with Crippen LogP contribution in [0.15, 0.2) is 18.3 Å². The van der Waals surface area contributed by atoms with Crippen LogP contribution in [0.3, 0.4) is 0 Å². The van der Waals surface area contributed by atoms with Gasteiger partial charge in [-0.25, -0.2) is 4.98 Å². The Morgan fingerprint density at radius 1 is 1.75 bits per heavy atom. The molecule has 0 saturated carbocycles. The number of nitrogens with zero attached hydrogens (tertiary/aromatic N) is 2. The van der Waals surface area contributed by atoms with E-state index in [1.165, 1.54) is 12.4 Å². The van der Waals surface area contributed by atoms with Crippen LogP contribution in [0.4, 0.5) is 5.69 Å². The molecule has 5 nitrogen and oxygen atoms in total. The number of carbonyl (C=O) groups excluding carboxylic acids is 1. The topological polar surface area (TPSA) is 91.8 Å². The summed E-state index contributed by atoms with van der Waals surface area (Å²) in [6, 6.07) is 3.15. The molecular formula is C7H6N4O. The molecule has 5 heteroatoms. The molecule has 0 atom stereocenters. The Morgan fingerprint density at radius 2 is 2.50 bits per heavy atom. The van der Waals surface area contributed by atoms with Crippen LogP contribution >= 0.6 is 0 Å². The van der Waals surface area contributed by atoms with Crippen LogP contribution in [0, 0.1) is 11.5 Å². The zero-order chi connectivity index (χ0) is 8.97. The number of aromatic nitrogens is 1. The molecule has 0 saturated heterocycles. The highest BCUT2D eigenvalue weighted by Gasteiger charge is 2.08. The van der Waals surface area contributed by atoms with Gasteiger partial charge in [0.05, 0.1) is 5.69 Å². The molecule has 1 heterocycles. The first kappa shape index (κ1) is 8.01. The van der Waals surface area contributed by atoms with E-state index in [-0.39, 0.29) is 11.4 Å². The van der Waals surface area contributed by atoms with Gasteiger partial charge in [-0.3, -0.25) is 10.1 Å². The Bertz CT molecular complexity index is 342. The van der Waals surface area contributed by atoms with Crippen LogP contribution in [0.25, 0.3) is 0 Å². The number of nitrogens with two attached hydrogens (primary N) is 1. The van der Waals surface area contributed by atoms with Gasteiger partial charge in [-0.05, 0) is 12.1 Å². The van der Waals surface area contributed by atoms with Crippen molar-refractivity contribution in [1.29, 1.82) is 5.26 Å². The molecule has 0 aromatic carbocycles. The minimum atomic E-state index is -0.587. The van der Waals surface area contributed by atoms with E-state index in [2.05, 4.69) is 4.98 Å². The number of rotatable bonds is 1. The van der Waals surface area contributed by atoms with Crippen molar-refractivity contribution in [2.24, 2.45) is 0 Å². The monoisotopic (exact) mass is 162 g/mol. The normalized spacial score (nSPS) is 8.58. The second-order valence-electron chi connectivity index (χ2n) is 2.01. The van der Waals surface area contributed by atoms with Crippen LogP contribution in [-0.2, 0) is 0 Å². The summed E-state index contributed by atoms with van der Waals surface area (Å²) in [5.74, 6) is -0.587. The summed E-state index contributed by atoms with van der Waals surface area (Å²) in [6.45, 7) is 0. The molecule has 0 unspecified atom stereocenters. The molecule has 1 rings (SSSR count). The first-order chi connectivity index (χ1) is 5.75. The molecule has 3 N–H and O–H groups in total. The van der Waals surface area contributed by atoms with Gasteiger partial charge in [0.1, 0.15) is 0 Å². The van der Waals surface area contributed by atoms with Gasteiger partial charge >= 0.3 is 0 Å². The number of nitrogen functional groups attached to an aromatic ring is 1. The van der Waals surface area contributed by atoms with Crippen molar-refractivity contribution >= 4 is 11.6 Å². The number of nitriles is 1. The number of carbonyl (C=O) groups is 1. The van der Waals surface area contributed by atoms with Gasteiger partial charge in [0, 0.05) is 6.20 Å². The van der Waals surface area contributed by atoms with Gasteiger partial charge in [0.15, 0.2) is 11.9 Å². The predicted octanol–water partition coefficient (Wildman–Crippen LogP) is -0.125. The molecule has 60 valence electrons. The average molecular weight is 162 g/mol. The highest BCUT2D eigenvalue weighted by Crippen LogP contribution is 2.05. The molecule has 0 bridgehead atoms. The zero-order valence-corrected chi connectivity index (χ0v) is 6.11. The van der Waals surface area contributed by atoms with Crippen molar-refractivity contribution in [2.75, 3.05) is 5.73 Å². The largest absolute Gasteiger partial charge is 0.397 e. The second kappa shape index (κ2) is 3.34. The van der Waals surface area contributed by atoms with Crippen molar-refractivity contribution in [3.05, 3.63) is 24.0 Å². The molecule has 12 heavy (non-hydrogen) atoms. The van der Waals surface area contributed by atoms with E-state index in [0.29, 0.717) is 0 Å². The van der Waals surface area contributed by atoms with Crippen LogP contribution in [-0.4, -0.2) is 10.9 Å². The molecule has 1 aromatic heterocycles. The number of pyridine rings is 1. The lowest BCUT2D eigenvalue weighted by Gasteiger charge is -1.99. The lowest BCUT2D eigenvalue weighted by atomic mass is 10.3. The third-order valence-electron chi connectivity index (χ3n) is 1.22. The predicted molar refractivity (Wildman–Crippen MR) is 41.7 cm³/mol. The maximum atomic E-state index is 11.0. The van der Waals surface area contributed by atoms with E-state index < -0.39 is 5.91 Å². The first-order valence-electron chi connectivity index (χ1n) is 3.15. The van der Waals surface area contributed by atoms with Gasteiger partial charge in [0.25, 0.3) is 5.91 Å². The molecule has 0 radical (unpaired) electrons. The Labute approximate surface area is 68.8 Å². The Kier molecular flexibility index (Phi) is 2.23. The number of nitrogens with one attached hydrogen (secondary N) is 1. The first-order valence-corrected chi connectivity index (χ1v) is 3.15. The summed E-state index contributed by atoms with van der Waals surface area (Å²) in [5, 5.41) is 10.1. The van der Waals surface area contributed by atoms with E-state index >= 15 is 0 Å². The Morgan fingerprint density at radius 3 is 3.08 bits per heavy atom. The van der Waals surface area contributed by atoms with Gasteiger partial charge in [-0.2, -0.15) is 5.26 Å². The molecular weight excluding hydrogens is 156 g/mol. The van der Waals surface area contributed by atoms with Crippen molar-refractivity contribution in [3.63, 3.8) is 0 Å². The number of hydrogen-bond donors (Lipinski definition) is 2. The second-order valence-corrected chi connectivity index (χ2v) is 2.01. The SMILES string of the molecule is N#CNC(=O)c1ncccc1N. The van der Waals surface area contributed by atoms with E-state index in [4.69, 9.17) is 11.0 Å². The standard InChI is InChI=1S/C7H6N4O/c8-4-11-7(12)6-5(9)2-1-3-10-6/h1-3H,9H2,(H,11,12). The quantitative estimate of drug-likeness (QED) is 0.444. The van der Waals surface area contributed by atoms with E-state index in [1.54, 1.807) is 12.1 Å². The van der Waals surface area contributed by atoms with Crippen LogP contribution < -0.4 is 11.1 Å². The fraction of sp³-hybridized carbons (Fsp3) is 0. The van der Waals surface area contributed by atoms with Crippen LogP contribution in [0.5, 0.6) is 0 Å². The molecule has 0 aliphatic rings. The van der Waals surface area contributed by atoms with E-state index in [9.17, 15) is 4.79 Å². The van der Waals surface area contributed by atoms with Crippen molar-refractivity contribution < 1.29 is 4.79 Å².